The highest BCUT2D eigenvalue weighted by atomic mass is 32.2. The summed E-state index contributed by atoms with van der Waals surface area (Å²) >= 11 is 2.17. The number of aliphatic hydroxyl groups is 1. The van der Waals surface area contributed by atoms with Gasteiger partial charge in [-0.05, 0) is 32.1 Å². The summed E-state index contributed by atoms with van der Waals surface area (Å²) in [5, 5.41) is 12.4. The van der Waals surface area contributed by atoms with E-state index in [4.69, 9.17) is 0 Å². The molecule has 0 radical (unpaired) electrons. The van der Waals surface area contributed by atoms with E-state index in [2.05, 4.69) is 18.7 Å². The molecule has 2 heterocycles. The van der Waals surface area contributed by atoms with Crippen molar-refractivity contribution in [2.24, 2.45) is 0 Å². The number of hydrogen-bond donors (Lipinski definition) is 1. The molecule has 2 aliphatic rings. The van der Waals surface area contributed by atoms with Crippen molar-refractivity contribution in [1.82, 2.24) is 0 Å². The van der Waals surface area contributed by atoms with Gasteiger partial charge < -0.3 is 5.11 Å². The maximum Gasteiger partial charge on any atom is 0.0668 e. The normalized spacial score (nSPS) is 33.3. The second-order valence-corrected chi connectivity index (χ2v) is 8.77. The lowest BCUT2D eigenvalue weighted by atomic mass is 9.82. The topological polar surface area (TPSA) is 20.2 Å². The van der Waals surface area contributed by atoms with Gasteiger partial charge in [0.2, 0.25) is 0 Å². The first-order valence-corrected chi connectivity index (χ1v) is 10.0. The van der Waals surface area contributed by atoms with Crippen LogP contribution >= 0.6 is 11.8 Å². The van der Waals surface area contributed by atoms with E-state index >= 15 is 0 Å². The Morgan fingerprint density at radius 2 is 1.45 bits per heavy atom. The van der Waals surface area contributed by atoms with Crippen molar-refractivity contribution >= 4 is 11.8 Å². The molecule has 0 aromatic heterocycles. The fourth-order valence-corrected chi connectivity index (χ4v) is 5.97. The Morgan fingerprint density at radius 1 is 0.900 bits per heavy atom. The second kappa shape index (κ2) is 8.68. The maximum atomic E-state index is 10.8. The fourth-order valence-electron chi connectivity index (χ4n) is 4.00. The summed E-state index contributed by atoms with van der Waals surface area (Å²) in [4.78, 5) is 0. The van der Waals surface area contributed by atoms with Crippen LogP contribution < -0.4 is 0 Å². The average Bonchev–Trinajstić information content (AvgIpc) is 2.41. The summed E-state index contributed by atoms with van der Waals surface area (Å²) in [6.07, 6.45) is 18.2. The molecule has 2 rings (SSSR count). The third-order valence-electron chi connectivity index (χ3n) is 5.15. The van der Waals surface area contributed by atoms with Crippen LogP contribution in [0.15, 0.2) is 0 Å². The van der Waals surface area contributed by atoms with Crippen molar-refractivity contribution < 1.29 is 5.11 Å². The van der Waals surface area contributed by atoms with E-state index in [1.807, 2.05) is 0 Å². The van der Waals surface area contributed by atoms with Gasteiger partial charge in [-0.3, -0.25) is 0 Å². The van der Waals surface area contributed by atoms with Crippen molar-refractivity contribution in [3.63, 3.8) is 0 Å². The third kappa shape index (κ3) is 5.60. The van der Waals surface area contributed by atoms with Gasteiger partial charge in [-0.25, -0.2) is 0 Å². The lowest BCUT2D eigenvalue weighted by Crippen LogP contribution is -2.42. The minimum absolute atomic E-state index is 0.302. The van der Waals surface area contributed by atoms with Gasteiger partial charge in [0.25, 0.3) is 0 Å². The summed E-state index contributed by atoms with van der Waals surface area (Å²) in [6.45, 7) is 2.28. The Kier molecular flexibility index (Phi) is 7.24. The predicted molar refractivity (Wildman–Crippen MR) is 90.4 cm³/mol. The molecule has 1 nitrogen and oxygen atoms in total. The van der Waals surface area contributed by atoms with Gasteiger partial charge in [0.1, 0.15) is 0 Å². The highest BCUT2D eigenvalue weighted by Gasteiger charge is 2.40. The molecule has 2 unspecified atom stereocenters. The van der Waals surface area contributed by atoms with Gasteiger partial charge in [0.05, 0.1) is 5.60 Å². The Bertz CT molecular complexity index is 254. The van der Waals surface area contributed by atoms with E-state index in [0.717, 1.165) is 29.8 Å². The van der Waals surface area contributed by atoms with Crippen LogP contribution in [0.2, 0.25) is 0 Å². The molecular weight excluding hydrogens is 264 g/mol. The highest BCUT2D eigenvalue weighted by Crippen LogP contribution is 2.47. The molecule has 118 valence electrons. The molecule has 20 heavy (non-hydrogen) atoms. The number of thioether (sulfide) groups is 1. The van der Waals surface area contributed by atoms with E-state index in [-0.39, 0.29) is 5.60 Å². The van der Waals surface area contributed by atoms with Gasteiger partial charge in [-0.2, -0.15) is 11.8 Å². The molecule has 2 atom stereocenters. The molecule has 0 amide bonds. The monoisotopic (exact) mass is 298 g/mol. The summed E-state index contributed by atoms with van der Waals surface area (Å²) in [7, 11) is 0. The molecule has 0 spiro atoms. The SMILES string of the molecule is CCCCCCCCCCC1(O)CC2CCCC(C1)S2. The molecule has 0 aromatic rings. The molecule has 2 bridgehead atoms. The molecule has 2 saturated heterocycles. The zero-order chi connectivity index (χ0) is 14.3. The van der Waals surface area contributed by atoms with Crippen molar-refractivity contribution in [1.29, 1.82) is 0 Å². The van der Waals surface area contributed by atoms with Crippen LogP contribution in [0.1, 0.15) is 96.8 Å². The van der Waals surface area contributed by atoms with Gasteiger partial charge in [0, 0.05) is 10.5 Å². The van der Waals surface area contributed by atoms with Gasteiger partial charge in [0.15, 0.2) is 0 Å². The number of fused-ring (bicyclic) bond motifs is 2. The average molecular weight is 299 g/mol. The van der Waals surface area contributed by atoms with Crippen molar-refractivity contribution in [2.75, 3.05) is 0 Å². The van der Waals surface area contributed by atoms with Crippen LogP contribution in [0.5, 0.6) is 0 Å². The van der Waals surface area contributed by atoms with Crippen molar-refractivity contribution in [2.45, 2.75) is 113 Å². The van der Waals surface area contributed by atoms with Gasteiger partial charge in [-0.15, -0.1) is 0 Å². The van der Waals surface area contributed by atoms with Crippen LogP contribution in [-0.4, -0.2) is 21.2 Å². The van der Waals surface area contributed by atoms with E-state index in [1.165, 1.54) is 70.6 Å². The number of hydrogen-bond acceptors (Lipinski definition) is 2. The molecule has 2 heteroatoms. The van der Waals surface area contributed by atoms with Crippen LogP contribution in [0.25, 0.3) is 0 Å². The lowest BCUT2D eigenvalue weighted by molar-refractivity contribution is 0.00235. The van der Waals surface area contributed by atoms with Crippen LogP contribution in [0.4, 0.5) is 0 Å². The highest BCUT2D eigenvalue weighted by molar-refractivity contribution is 8.00. The van der Waals surface area contributed by atoms with E-state index in [1.54, 1.807) is 0 Å². The smallest absolute Gasteiger partial charge is 0.0668 e. The summed E-state index contributed by atoms with van der Waals surface area (Å²) < 4.78 is 0. The van der Waals surface area contributed by atoms with Gasteiger partial charge in [-0.1, -0.05) is 64.7 Å². The van der Waals surface area contributed by atoms with E-state index < -0.39 is 0 Å². The van der Waals surface area contributed by atoms with Crippen LogP contribution in [-0.2, 0) is 0 Å². The molecule has 0 aromatic carbocycles. The molecular formula is C18H34OS. The zero-order valence-electron chi connectivity index (χ0n) is 13.4. The largest absolute Gasteiger partial charge is 0.390 e. The molecule has 2 aliphatic heterocycles. The van der Waals surface area contributed by atoms with Crippen LogP contribution in [0.3, 0.4) is 0 Å². The maximum absolute atomic E-state index is 10.8. The van der Waals surface area contributed by atoms with Gasteiger partial charge >= 0.3 is 0 Å². The molecule has 0 aliphatic carbocycles. The first-order valence-electron chi connectivity index (χ1n) is 9.10. The quantitative estimate of drug-likeness (QED) is 0.551. The fraction of sp³-hybridized carbons (Fsp3) is 1.00. The van der Waals surface area contributed by atoms with Crippen molar-refractivity contribution in [3.8, 4) is 0 Å². The Morgan fingerprint density at radius 3 is 2.05 bits per heavy atom. The Balaban J connectivity index is 1.54. The zero-order valence-corrected chi connectivity index (χ0v) is 14.2. The molecule has 1 N–H and O–H groups in total. The molecule has 2 fully saturated rings. The Hall–Kier alpha value is 0.310. The standard InChI is InChI=1S/C18H34OS/c1-2-3-4-5-6-7-8-9-13-18(19)14-16-11-10-12-17(15-18)20-16/h16-17,19H,2-15H2,1H3. The van der Waals surface area contributed by atoms with E-state index in [0.29, 0.717) is 0 Å². The minimum Gasteiger partial charge on any atom is -0.390 e. The van der Waals surface area contributed by atoms with Crippen molar-refractivity contribution in [3.05, 3.63) is 0 Å². The second-order valence-electron chi connectivity index (χ2n) is 7.17. The number of unbranched alkanes of at least 4 members (excludes halogenated alkanes) is 7. The summed E-state index contributed by atoms with van der Waals surface area (Å²) in [6, 6.07) is 0. The molecule has 0 saturated carbocycles. The summed E-state index contributed by atoms with van der Waals surface area (Å²) in [5.74, 6) is 0. The first-order chi connectivity index (χ1) is 9.72. The minimum atomic E-state index is -0.302. The summed E-state index contributed by atoms with van der Waals surface area (Å²) in [5.41, 5.74) is -0.302. The predicted octanol–water partition coefficient (Wildman–Crippen LogP) is 5.70. The number of rotatable bonds is 9. The van der Waals surface area contributed by atoms with E-state index in [9.17, 15) is 5.11 Å². The first kappa shape index (κ1) is 16.7. The lowest BCUT2D eigenvalue weighted by Gasteiger charge is -2.44. The third-order valence-corrected chi connectivity index (χ3v) is 6.72. The Labute approximate surface area is 130 Å². The van der Waals surface area contributed by atoms with Crippen LogP contribution in [0, 0.1) is 0 Å².